The normalized spacial score (nSPS) is 22.3. The minimum absolute atomic E-state index is 0.00785. The van der Waals surface area contributed by atoms with Crippen molar-refractivity contribution in [2.45, 2.75) is 25.4 Å². The molecule has 8 nitrogen and oxygen atoms in total. The van der Waals surface area contributed by atoms with Gasteiger partial charge in [-0.2, -0.15) is 0 Å². The number of aromatic nitrogens is 1. The first kappa shape index (κ1) is 17.9. The number of fused-ring (bicyclic) bond motifs is 1. The highest BCUT2D eigenvalue weighted by molar-refractivity contribution is 6.01. The van der Waals surface area contributed by atoms with E-state index in [4.69, 9.17) is 20.9 Å². The SMILES string of the molecule is CC[C@H]1C(COc2nccc3cc(C(N)=O)c(OC)cc23)NC(=O)[C@H]1N. The lowest BCUT2D eigenvalue weighted by Crippen LogP contribution is -2.35. The predicted molar refractivity (Wildman–Crippen MR) is 96.0 cm³/mol. The third kappa shape index (κ3) is 3.15. The summed E-state index contributed by atoms with van der Waals surface area (Å²) in [6.07, 6.45) is 2.36. The number of ether oxygens (including phenoxy) is 2. The molecule has 3 atom stereocenters. The summed E-state index contributed by atoms with van der Waals surface area (Å²) in [6.45, 7) is 2.24. The monoisotopic (exact) mass is 358 g/mol. The van der Waals surface area contributed by atoms with Crippen LogP contribution in [0.3, 0.4) is 0 Å². The molecule has 1 aromatic heterocycles. The van der Waals surface area contributed by atoms with Gasteiger partial charge in [0.2, 0.25) is 11.8 Å². The molecule has 8 heteroatoms. The Morgan fingerprint density at radius 3 is 2.81 bits per heavy atom. The average molecular weight is 358 g/mol. The van der Waals surface area contributed by atoms with Crippen LogP contribution in [0.15, 0.2) is 24.4 Å². The second kappa shape index (κ2) is 7.17. The van der Waals surface area contributed by atoms with E-state index in [-0.39, 0.29) is 30.0 Å². The quantitative estimate of drug-likeness (QED) is 0.692. The number of carbonyl (C=O) groups excluding carboxylic acids is 2. The van der Waals surface area contributed by atoms with Crippen LogP contribution >= 0.6 is 0 Å². The fraction of sp³-hybridized carbons (Fsp3) is 0.389. The van der Waals surface area contributed by atoms with E-state index in [1.807, 2.05) is 6.92 Å². The maximum Gasteiger partial charge on any atom is 0.252 e. The van der Waals surface area contributed by atoms with Crippen molar-refractivity contribution in [3.63, 3.8) is 0 Å². The van der Waals surface area contributed by atoms with E-state index in [2.05, 4.69) is 10.3 Å². The highest BCUT2D eigenvalue weighted by Crippen LogP contribution is 2.31. The van der Waals surface area contributed by atoms with Crippen molar-refractivity contribution in [3.8, 4) is 11.6 Å². The number of nitrogens with one attached hydrogen (secondary N) is 1. The van der Waals surface area contributed by atoms with E-state index in [9.17, 15) is 9.59 Å². The van der Waals surface area contributed by atoms with Crippen molar-refractivity contribution in [3.05, 3.63) is 30.0 Å². The van der Waals surface area contributed by atoms with Crippen LogP contribution in [0.4, 0.5) is 0 Å². The number of hydrogen-bond donors (Lipinski definition) is 3. The Kier molecular flexibility index (Phi) is 4.94. The van der Waals surface area contributed by atoms with Crippen LogP contribution in [0.5, 0.6) is 11.6 Å². The summed E-state index contributed by atoms with van der Waals surface area (Å²) in [5.74, 6) is 0.0147. The topological polar surface area (TPSA) is 130 Å². The van der Waals surface area contributed by atoms with Gasteiger partial charge in [-0.1, -0.05) is 6.92 Å². The summed E-state index contributed by atoms with van der Waals surface area (Å²) in [5.41, 5.74) is 11.6. The third-order valence-corrected chi connectivity index (χ3v) is 4.79. The lowest BCUT2D eigenvalue weighted by Gasteiger charge is -2.20. The number of amides is 2. The van der Waals surface area contributed by atoms with Crippen molar-refractivity contribution in [1.82, 2.24) is 10.3 Å². The zero-order valence-electron chi connectivity index (χ0n) is 14.7. The Morgan fingerprint density at radius 2 is 2.15 bits per heavy atom. The number of carbonyl (C=O) groups is 2. The summed E-state index contributed by atoms with van der Waals surface area (Å²) in [5, 5.41) is 4.31. The number of methoxy groups -OCH3 is 1. The summed E-state index contributed by atoms with van der Waals surface area (Å²) < 4.78 is 11.1. The summed E-state index contributed by atoms with van der Waals surface area (Å²) >= 11 is 0. The summed E-state index contributed by atoms with van der Waals surface area (Å²) in [7, 11) is 1.46. The minimum Gasteiger partial charge on any atom is -0.496 e. The van der Waals surface area contributed by atoms with Crippen molar-refractivity contribution in [2.75, 3.05) is 13.7 Å². The van der Waals surface area contributed by atoms with Gasteiger partial charge < -0.3 is 26.3 Å². The number of pyridine rings is 1. The van der Waals surface area contributed by atoms with Gasteiger partial charge in [0.15, 0.2) is 0 Å². The Balaban J connectivity index is 1.89. The number of primary amides is 1. The number of benzene rings is 1. The van der Waals surface area contributed by atoms with Gasteiger partial charge in [0.1, 0.15) is 12.4 Å². The van der Waals surface area contributed by atoms with Gasteiger partial charge >= 0.3 is 0 Å². The van der Waals surface area contributed by atoms with Crippen LogP contribution in [0, 0.1) is 5.92 Å². The summed E-state index contributed by atoms with van der Waals surface area (Å²) in [4.78, 5) is 27.6. The standard InChI is InChI=1S/C18H22N4O4/c1-3-10-13(22-17(24)15(10)19)8-26-18-11-7-14(25-2)12(16(20)23)6-9(11)4-5-21-18/h4-7,10,13,15H,3,8,19H2,1-2H3,(H2,20,23)(H,22,24)/t10-,13?,15-/m0/s1. The van der Waals surface area contributed by atoms with Crippen LogP contribution < -0.4 is 26.3 Å². The van der Waals surface area contributed by atoms with E-state index in [1.54, 1.807) is 24.4 Å². The molecule has 138 valence electrons. The van der Waals surface area contributed by atoms with Gasteiger partial charge in [0.05, 0.1) is 24.8 Å². The molecule has 0 saturated carbocycles. The fourth-order valence-corrected chi connectivity index (χ4v) is 3.35. The van der Waals surface area contributed by atoms with Crippen LogP contribution in [0.1, 0.15) is 23.7 Å². The van der Waals surface area contributed by atoms with E-state index >= 15 is 0 Å². The third-order valence-electron chi connectivity index (χ3n) is 4.79. The van der Waals surface area contributed by atoms with Crippen LogP contribution in [-0.2, 0) is 4.79 Å². The lowest BCUT2D eigenvalue weighted by molar-refractivity contribution is -0.120. The van der Waals surface area contributed by atoms with Crippen molar-refractivity contribution in [1.29, 1.82) is 0 Å². The van der Waals surface area contributed by atoms with Gasteiger partial charge in [-0.05, 0) is 30.0 Å². The van der Waals surface area contributed by atoms with Crippen molar-refractivity contribution < 1.29 is 19.1 Å². The van der Waals surface area contributed by atoms with Crippen LogP contribution in [0.25, 0.3) is 10.8 Å². The number of hydrogen-bond acceptors (Lipinski definition) is 6. The maximum absolute atomic E-state index is 11.8. The van der Waals surface area contributed by atoms with Crippen LogP contribution in [-0.4, -0.2) is 42.6 Å². The molecule has 1 aliphatic rings. The molecule has 2 amide bonds. The van der Waals surface area contributed by atoms with E-state index < -0.39 is 11.9 Å². The number of nitrogens with zero attached hydrogens (tertiary/aromatic N) is 1. The lowest BCUT2D eigenvalue weighted by atomic mass is 9.94. The molecule has 26 heavy (non-hydrogen) atoms. The van der Waals surface area contributed by atoms with Gasteiger partial charge in [-0.25, -0.2) is 4.98 Å². The molecule has 1 fully saturated rings. The fourth-order valence-electron chi connectivity index (χ4n) is 3.35. The zero-order chi connectivity index (χ0) is 18.8. The van der Waals surface area contributed by atoms with Crippen molar-refractivity contribution >= 4 is 22.6 Å². The Morgan fingerprint density at radius 1 is 1.38 bits per heavy atom. The molecule has 1 aromatic carbocycles. The predicted octanol–water partition coefficient (Wildman–Crippen LogP) is 0.573. The molecule has 3 rings (SSSR count). The molecule has 2 heterocycles. The Bertz CT molecular complexity index is 854. The van der Waals surface area contributed by atoms with E-state index in [0.717, 1.165) is 11.8 Å². The smallest absolute Gasteiger partial charge is 0.252 e. The highest BCUT2D eigenvalue weighted by Gasteiger charge is 2.39. The van der Waals surface area contributed by atoms with Crippen LogP contribution in [0.2, 0.25) is 0 Å². The second-order valence-electron chi connectivity index (χ2n) is 6.28. The molecular weight excluding hydrogens is 336 g/mol. The van der Waals surface area contributed by atoms with E-state index in [1.165, 1.54) is 7.11 Å². The first-order valence-electron chi connectivity index (χ1n) is 8.41. The Hall–Kier alpha value is -2.87. The minimum atomic E-state index is -0.573. The maximum atomic E-state index is 11.8. The number of rotatable bonds is 6. The molecule has 1 unspecified atom stereocenters. The molecule has 0 radical (unpaired) electrons. The highest BCUT2D eigenvalue weighted by atomic mass is 16.5. The van der Waals surface area contributed by atoms with Crippen molar-refractivity contribution in [2.24, 2.45) is 17.4 Å². The molecule has 1 saturated heterocycles. The molecule has 5 N–H and O–H groups in total. The second-order valence-corrected chi connectivity index (χ2v) is 6.28. The average Bonchev–Trinajstić information content (AvgIpc) is 2.91. The van der Waals surface area contributed by atoms with Gasteiger partial charge in [-0.15, -0.1) is 0 Å². The summed E-state index contributed by atoms with van der Waals surface area (Å²) in [6, 6.07) is 4.39. The number of nitrogens with two attached hydrogens (primary N) is 2. The Labute approximate surface area is 150 Å². The van der Waals surface area contributed by atoms with E-state index in [0.29, 0.717) is 17.0 Å². The van der Waals surface area contributed by atoms with Gasteiger partial charge in [-0.3, -0.25) is 9.59 Å². The molecular formula is C18H22N4O4. The zero-order valence-corrected chi connectivity index (χ0v) is 14.7. The molecule has 0 bridgehead atoms. The first-order valence-corrected chi connectivity index (χ1v) is 8.41. The molecule has 0 aliphatic carbocycles. The van der Waals surface area contributed by atoms with Gasteiger partial charge in [0.25, 0.3) is 5.91 Å². The molecule has 1 aliphatic heterocycles. The molecule has 0 spiro atoms. The first-order chi connectivity index (χ1) is 12.5. The van der Waals surface area contributed by atoms with Gasteiger partial charge in [0, 0.05) is 17.5 Å². The largest absolute Gasteiger partial charge is 0.496 e. The molecule has 2 aromatic rings.